The van der Waals surface area contributed by atoms with E-state index in [1.807, 2.05) is 12.3 Å². The Balaban J connectivity index is 2.33. The third-order valence-corrected chi connectivity index (χ3v) is 3.07. The summed E-state index contributed by atoms with van der Waals surface area (Å²) in [6.45, 7) is 7.47. The summed E-state index contributed by atoms with van der Waals surface area (Å²) >= 11 is 0. The van der Waals surface area contributed by atoms with E-state index in [-0.39, 0.29) is 16.0 Å². The molecule has 0 amide bonds. The topological polar surface area (TPSA) is 48.1 Å². The standard InChI is InChI=1S/C14H18N2O2/c1-14(2,3)7-9-15-8-6-11-4-5-12(16(17)18)10-13(11)15/h4-6,8,10H,7,9H2,1-3H3. The minimum Gasteiger partial charge on any atom is -0.347 e. The van der Waals surface area contributed by atoms with E-state index in [4.69, 9.17) is 0 Å². The summed E-state index contributed by atoms with van der Waals surface area (Å²) in [5.74, 6) is 0. The van der Waals surface area contributed by atoms with Crippen molar-refractivity contribution >= 4 is 16.6 Å². The summed E-state index contributed by atoms with van der Waals surface area (Å²) in [5.41, 5.74) is 1.35. The van der Waals surface area contributed by atoms with Crippen LogP contribution < -0.4 is 0 Å². The first kappa shape index (κ1) is 12.6. The third kappa shape index (κ3) is 2.70. The van der Waals surface area contributed by atoms with E-state index >= 15 is 0 Å². The van der Waals surface area contributed by atoms with Gasteiger partial charge in [0.1, 0.15) is 0 Å². The molecule has 0 aliphatic carbocycles. The fraction of sp³-hybridized carbons (Fsp3) is 0.429. The Morgan fingerprint density at radius 2 is 2.00 bits per heavy atom. The van der Waals surface area contributed by atoms with Crippen molar-refractivity contribution in [1.29, 1.82) is 0 Å². The van der Waals surface area contributed by atoms with Gasteiger partial charge in [0.2, 0.25) is 0 Å². The fourth-order valence-electron chi connectivity index (χ4n) is 1.94. The first-order valence-electron chi connectivity index (χ1n) is 6.10. The van der Waals surface area contributed by atoms with Crippen LogP contribution in [0.1, 0.15) is 27.2 Å². The number of nitro benzene ring substituents is 1. The average Bonchev–Trinajstić information content (AvgIpc) is 2.67. The zero-order chi connectivity index (χ0) is 13.3. The molecule has 0 radical (unpaired) electrons. The number of non-ortho nitro benzene ring substituents is 1. The highest BCUT2D eigenvalue weighted by Crippen LogP contribution is 2.25. The number of aryl methyl sites for hydroxylation is 1. The molecule has 18 heavy (non-hydrogen) atoms. The molecule has 0 bridgehead atoms. The van der Waals surface area contributed by atoms with E-state index < -0.39 is 0 Å². The van der Waals surface area contributed by atoms with E-state index in [9.17, 15) is 10.1 Å². The Bertz CT molecular complexity index is 579. The lowest BCUT2D eigenvalue weighted by atomic mass is 9.92. The first-order chi connectivity index (χ1) is 8.37. The highest BCUT2D eigenvalue weighted by Gasteiger charge is 2.12. The molecule has 1 aromatic heterocycles. The van der Waals surface area contributed by atoms with Gasteiger partial charge in [0.15, 0.2) is 0 Å². The van der Waals surface area contributed by atoms with Crippen LogP contribution in [0.2, 0.25) is 0 Å². The van der Waals surface area contributed by atoms with Gasteiger partial charge in [-0.3, -0.25) is 10.1 Å². The Morgan fingerprint density at radius 1 is 1.28 bits per heavy atom. The van der Waals surface area contributed by atoms with E-state index in [1.165, 1.54) is 0 Å². The number of benzene rings is 1. The summed E-state index contributed by atoms with van der Waals surface area (Å²) < 4.78 is 2.09. The number of fused-ring (bicyclic) bond motifs is 1. The Labute approximate surface area is 106 Å². The predicted molar refractivity (Wildman–Crippen MR) is 72.7 cm³/mol. The van der Waals surface area contributed by atoms with Crippen LogP contribution in [0.15, 0.2) is 30.5 Å². The molecule has 0 unspecified atom stereocenters. The van der Waals surface area contributed by atoms with Gasteiger partial charge in [0, 0.05) is 30.3 Å². The number of nitro groups is 1. The number of nitrogens with zero attached hydrogens (tertiary/aromatic N) is 2. The molecule has 1 aromatic carbocycles. The summed E-state index contributed by atoms with van der Waals surface area (Å²) in [4.78, 5) is 10.4. The van der Waals surface area contributed by atoms with E-state index in [0.717, 1.165) is 23.9 Å². The SMILES string of the molecule is CC(C)(C)CCn1ccc2ccc([N+](=O)[O-])cc21. The minimum atomic E-state index is -0.347. The van der Waals surface area contributed by atoms with Crippen LogP contribution >= 0.6 is 0 Å². The van der Waals surface area contributed by atoms with Gasteiger partial charge in [-0.1, -0.05) is 20.8 Å². The Kier molecular flexibility index (Phi) is 3.11. The van der Waals surface area contributed by atoms with Gasteiger partial charge < -0.3 is 4.57 Å². The molecular formula is C14H18N2O2. The smallest absolute Gasteiger partial charge is 0.271 e. The molecule has 0 atom stereocenters. The summed E-state index contributed by atoms with van der Waals surface area (Å²) in [5, 5.41) is 11.8. The van der Waals surface area contributed by atoms with Gasteiger partial charge in [-0.15, -0.1) is 0 Å². The van der Waals surface area contributed by atoms with Gasteiger partial charge in [-0.2, -0.15) is 0 Å². The number of rotatable bonds is 3. The molecule has 0 aliphatic rings. The molecule has 2 rings (SSSR count). The van der Waals surface area contributed by atoms with Crippen LogP contribution in [0, 0.1) is 15.5 Å². The largest absolute Gasteiger partial charge is 0.347 e. The van der Waals surface area contributed by atoms with Crippen molar-refractivity contribution in [1.82, 2.24) is 4.57 Å². The molecule has 0 N–H and O–H groups in total. The zero-order valence-electron chi connectivity index (χ0n) is 11.0. The molecular weight excluding hydrogens is 228 g/mol. The van der Waals surface area contributed by atoms with Gasteiger partial charge in [-0.05, 0) is 24.0 Å². The van der Waals surface area contributed by atoms with Gasteiger partial charge in [0.25, 0.3) is 5.69 Å². The molecule has 0 saturated carbocycles. The molecule has 0 fully saturated rings. The van der Waals surface area contributed by atoms with Crippen molar-refractivity contribution in [3.63, 3.8) is 0 Å². The second-order valence-corrected chi connectivity index (χ2v) is 5.82. The summed E-state index contributed by atoms with van der Waals surface area (Å²) in [6.07, 6.45) is 3.04. The van der Waals surface area contributed by atoms with Crippen molar-refractivity contribution in [3.05, 3.63) is 40.6 Å². The maximum atomic E-state index is 10.8. The molecule has 0 aliphatic heterocycles. The second kappa shape index (κ2) is 4.44. The van der Waals surface area contributed by atoms with E-state index in [0.29, 0.717) is 0 Å². The zero-order valence-corrected chi connectivity index (χ0v) is 11.0. The van der Waals surface area contributed by atoms with Crippen molar-refractivity contribution in [2.75, 3.05) is 0 Å². The lowest BCUT2D eigenvalue weighted by Crippen LogP contribution is -2.09. The van der Waals surface area contributed by atoms with Crippen LogP contribution in [0.3, 0.4) is 0 Å². The monoisotopic (exact) mass is 246 g/mol. The van der Waals surface area contributed by atoms with Crippen molar-refractivity contribution in [3.8, 4) is 0 Å². The molecule has 4 heteroatoms. The molecule has 1 heterocycles. The first-order valence-corrected chi connectivity index (χ1v) is 6.10. The molecule has 0 spiro atoms. The highest BCUT2D eigenvalue weighted by molar-refractivity contribution is 5.82. The van der Waals surface area contributed by atoms with E-state index in [1.54, 1.807) is 18.2 Å². The molecule has 0 saturated heterocycles. The van der Waals surface area contributed by atoms with Crippen molar-refractivity contribution in [2.45, 2.75) is 33.7 Å². The number of aromatic nitrogens is 1. The molecule has 96 valence electrons. The minimum absolute atomic E-state index is 0.151. The van der Waals surface area contributed by atoms with Crippen LogP contribution in [-0.4, -0.2) is 9.49 Å². The third-order valence-electron chi connectivity index (χ3n) is 3.07. The van der Waals surface area contributed by atoms with Crippen LogP contribution in [-0.2, 0) is 6.54 Å². The number of hydrogen-bond acceptors (Lipinski definition) is 2. The van der Waals surface area contributed by atoms with Gasteiger partial charge >= 0.3 is 0 Å². The van der Waals surface area contributed by atoms with Crippen molar-refractivity contribution in [2.24, 2.45) is 5.41 Å². The van der Waals surface area contributed by atoms with Crippen LogP contribution in [0.25, 0.3) is 10.9 Å². The maximum Gasteiger partial charge on any atom is 0.271 e. The predicted octanol–water partition coefficient (Wildman–Crippen LogP) is 3.99. The highest BCUT2D eigenvalue weighted by atomic mass is 16.6. The second-order valence-electron chi connectivity index (χ2n) is 5.82. The molecule has 2 aromatic rings. The van der Waals surface area contributed by atoms with Gasteiger partial charge in [0.05, 0.1) is 10.4 Å². The van der Waals surface area contributed by atoms with Gasteiger partial charge in [-0.25, -0.2) is 0 Å². The fourth-order valence-corrected chi connectivity index (χ4v) is 1.94. The Morgan fingerprint density at radius 3 is 2.61 bits per heavy atom. The lowest BCUT2D eigenvalue weighted by molar-refractivity contribution is -0.384. The quantitative estimate of drug-likeness (QED) is 0.607. The number of hydrogen-bond donors (Lipinski definition) is 0. The average molecular weight is 246 g/mol. The van der Waals surface area contributed by atoms with Crippen molar-refractivity contribution < 1.29 is 4.92 Å². The summed E-state index contributed by atoms with van der Waals surface area (Å²) in [6, 6.07) is 7.01. The normalized spacial score (nSPS) is 11.9. The van der Waals surface area contributed by atoms with Crippen LogP contribution in [0.5, 0.6) is 0 Å². The Hall–Kier alpha value is -1.84. The molecule has 4 nitrogen and oxygen atoms in total. The van der Waals surface area contributed by atoms with E-state index in [2.05, 4.69) is 25.3 Å². The lowest BCUT2D eigenvalue weighted by Gasteiger charge is -2.18. The van der Waals surface area contributed by atoms with Crippen LogP contribution in [0.4, 0.5) is 5.69 Å². The maximum absolute atomic E-state index is 10.8. The summed E-state index contributed by atoms with van der Waals surface area (Å²) in [7, 11) is 0.